The van der Waals surface area contributed by atoms with Crippen LogP contribution in [-0.2, 0) is 9.59 Å². The topological polar surface area (TPSA) is 99.3 Å². The molecule has 0 saturated carbocycles. The van der Waals surface area contributed by atoms with E-state index in [2.05, 4.69) is 26.2 Å². The summed E-state index contributed by atoms with van der Waals surface area (Å²) in [7, 11) is 0. The van der Waals surface area contributed by atoms with Crippen molar-refractivity contribution in [2.24, 2.45) is 11.3 Å². The highest BCUT2D eigenvalue weighted by atomic mass is 79.9. The molecule has 0 aliphatic rings. The lowest BCUT2D eigenvalue weighted by atomic mass is 9.80. The Morgan fingerprint density at radius 1 is 1.42 bits per heavy atom. The van der Waals surface area contributed by atoms with E-state index >= 15 is 0 Å². The molecule has 0 spiro atoms. The standard InChI is InChI=1S/C12H15BrN2O4/c1-12(2,3)8(11(18)19)10(17)15-7-4-6(13)5-14-9(7)16/h4-5,8H,1-3H3,(H,14,16)(H,15,17)(H,18,19). The third-order valence-corrected chi connectivity index (χ3v) is 2.96. The second-order valence-electron chi connectivity index (χ2n) is 5.19. The maximum Gasteiger partial charge on any atom is 0.316 e. The summed E-state index contributed by atoms with van der Waals surface area (Å²) in [4.78, 5) is 37.1. The predicted octanol–water partition coefficient (Wildman–Crippen LogP) is 1.82. The lowest BCUT2D eigenvalue weighted by Gasteiger charge is -2.25. The van der Waals surface area contributed by atoms with Crippen LogP contribution in [0.1, 0.15) is 20.8 Å². The van der Waals surface area contributed by atoms with E-state index in [0.717, 1.165) is 0 Å². The Bertz CT molecular complexity index is 560. The fourth-order valence-corrected chi connectivity index (χ4v) is 1.97. The molecule has 0 aliphatic heterocycles. The summed E-state index contributed by atoms with van der Waals surface area (Å²) in [6.45, 7) is 4.95. The second kappa shape index (κ2) is 5.56. The molecule has 1 aromatic rings. The highest BCUT2D eigenvalue weighted by Gasteiger charge is 2.37. The maximum absolute atomic E-state index is 12.0. The Morgan fingerprint density at radius 3 is 2.47 bits per heavy atom. The molecule has 19 heavy (non-hydrogen) atoms. The first-order valence-electron chi connectivity index (χ1n) is 5.55. The number of pyridine rings is 1. The molecule has 1 aromatic heterocycles. The van der Waals surface area contributed by atoms with Crippen LogP contribution < -0.4 is 10.9 Å². The number of carboxylic acids is 1. The minimum absolute atomic E-state index is 0.00914. The van der Waals surface area contributed by atoms with Crippen LogP contribution >= 0.6 is 15.9 Å². The zero-order chi connectivity index (χ0) is 14.8. The summed E-state index contributed by atoms with van der Waals surface area (Å²) in [5.74, 6) is -3.19. The Kier molecular flexibility index (Phi) is 4.52. The van der Waals surface area contributed by atoms with Gasteiger partial charge in [0.2, 0.25) is 5.91 Å². The molecule has 6 nitrogen and oxygen atoms in total. The van der Waals surface area contributed by atoms with Gasteiger partial charge in [0, 0.05) is 10.7 Å². The number of halogens is 1. The number of anilines is 1. The number of nitrogens with one attached hydrogen (secondary N) is 2. The van der Waals surface area contributed by atoms with Crippen molar-refractivity contribution < 1.29 is 14.7 Å². The van der Waals surface area contributed by atoms with Crippen LogP contribution in [0, 0.1) is 11.3 Å². The molecule has 104 valence electrons. The number of aliphatic carboxylic acids is 1. The van der Waals surface area contributed by atoms with Gasteiger partial charge in [0.1, 0.15) is 11.6 Å². The SMILES string of the molecule is CC(C)(C)C(C(=O)O)C(=O)Nc1cc(Br)c[nH]c1=O. The van der Waals surface area contributed by atoms with Crippen molar-refractivity contribution >= 4 is 33.5 Å². The van der Waals surface area contributed by atoms with Gasteiger partial charge in [-0.1, -0.05) is 20.8 Å². The molecule has 0 aromatic carbocycles. The number of carbonyl (C=O) groups is 2. The van der Waals surface area contributed by atoms with E-state index in [1.165, 1.54) is 12.3 Å². The van der Waals surface area contributed by atoms with Gasteiger partial charge >= 0.3 is 5.97 Å². The second-order valence-corrected chi connectivity index (χ2v) is 6.10. The minimum atomic E-state index is -1.24. The highest BCUT2D eigenvalue weighted by Crippen LogP contribution is 2.27. The summed E-state index contributed by atoms with van der Waals surface area (Å²) in [5, 5.41) is 11.5. The Hall–Kier alpha value is -1.63. The van der Waals surface area contributed by atoms with Crippen LogP contribution in [0.15, 0.2) is 21.5 Å². The number of H-pyrrole nitrogens is 1. The Balaban J connectivity index is 3.04. The summed E-state index contributed by atoms with van der Waals surface area (Å²) < 4.78 is 0.574. The molecule has 0 aliphatic carbocycles. The zero-order valence-corrected chi connectivity index (χ0v) is 12.4. The van der Waals surface area contributed by atoms with Gasteiger partial charge in [0.25, 0.3) is 5.56 Å². The van der Waals surface area contributed by atoms with Crippen LogP contribution in [0.2, 0.25) is 0 Å². The molecule has 1 rings (SSSR count). The molecular formula is C12H15BrN2O4. The highest BCUT2D eigenvalue weighted by molar-refractivity contribution is 9.10. The average Bonchev–Trinajstić information content (AvgIpc) is 2.20. The Morgan fingerprint density at radius 2 is 2.00 bits per heavy atom. The number of rotatable bonds is 3. The fourth-order valence-electron chi connectivity index (χ4n) is 1.63. The van der Waals surface area contributed by atoms with E-state index in [0.29, 0.717) is 4.47 Å². The molecule has 0 fully saturated rings. The van der Waals surface area contributed by atoms with Crippen LogP contribution in [0.3, 0.4) is 0 Å². The van der Waals surface area contributed by atoms with Crippen molar-refractivity contribution in [1.82, 2.24) is 4.98 Å². The summed E-state index contributed by atoms with van der Waals surface area (Å²) in [5.41, 5.74) is -1.24. The Labute approximate surface area is 118 Å². The van der Waals surface area contributed by atoms with Gasteiger partial charge in [-0.15, -0.1) is 0 Å². The average molecular weight is 331 g/mol. The first-order valence-corrected chi connectivity index (χ1v) is 6.34. The van der Waals surface area contributed by atoms with E-state index < -0.39 is 28.8 Å². The van der Waals surface area contributed by atoms with Crippen molar-refractivity contribution in [1.29, 1.82) is 0 Å². The van der Waals surface area contributed by atoms with E-state index in [4.69, 9.17) is 5.11 Å². The molecule has 0 bridgehead atoms. The minimum Gasteiger partial charge on any atom is -0.481 e. The quantitative estimate of drug-likeness (QED) is 0.736. The normalized spacial score (nSPS) is 12.8. The first kappa shape index (κ1) is 15.4. The lowest BCUT2D eigenvalue weighted by molar-refractivity contribution is -0.149. The van der Waals surface area contributed by atoms with Crippen LogP contribution in [0.5, 0.6) is 0 Å². The summed E-state index contributed by atoms with van der Waals surface area (Å²) in [6.07, 6.45) is 1.43. The van der Waals surface area contributed by atoms with Crippen molar-refractivity contribution in [3.63, 3.8) is 0 Å². The third kappa shape index (κ3) is 3.92. The van der Waals surface area contributed by atoms with Crippen LogP contribution in [0.25, 0.3) is 0 Å². The van der Waals surface area contributed by atoms with Gasteiger partial charge in [0.15, 0.2) is 0 Å². The first-order chi connectivity index (χ1) is 8.62. The third-order valence-electron chi connectivity index (χ3n) is 2.50. The molecule has 3 N–H and O–H groups in total. The number of hydrogen-bond acceptors (Lipinski definition) is 3. The van der Waals surface area contributed by atoms with Crippen molar-refractivity contribution in [3.8, 4) is 0 Å². The van der Waals surface area contributed by atoms with Gasteiger partial charge < -0.3 is 15.4 Å². The number of carbonyl (C=O) groups excluding carboxylic acids is 1. The van der Waals surface area contributed by atoms with Crippen molar-refractivity contribution in [2.45, 2.75) is 20.8 Å². The number of aromatic amines is 1. The number of aromatic nitrogens is 1. The molecular weight excluding hydrogens is 316 g/mol. The number of carboxylic acid groups (broad SMARTS) is 1. The molecule has 1 amide bonds. The summed E-state index contributed by atoms with van der Waals surface area (Å²) in [6, 6.07) is 1.41. The fraction of sp³-hybridized carbons (Fsp3) is 0.417. The number of amides is 1. The van der Waals surface area contributed by atoms with Gasteiger partial charge in [-0.3, -0.25) is 14.4 Å². The van der Waals surface area contributed by atoms with Gasteiger partial charge in [-0.25, -0.2) is 0 Å². The van der Waals surface area contributed by atoms with E-state index in [1.807, 2.05) is 0 Å². The molecule has 1 atom stereocenters. The smallest absolute Gasteiger partial charge is 0.316 e. The molecule has 7 heteroatoms. The van der Waals surface area contributed by atoms with E-state index in [-0.39, 0.29) is 5.69 Å². The monoisotopic (exact) mass is 330 g/mol. The van der Waals surface area contributed by atoms with E-state index in [1.54, 1.807) is 20.8 Å². The zero-order valence-electron chi connectivity index (χ0n) is 10.8. The van der Waals surface area contributed by atoms with Gasteiger partial charge in [-0.05, 0) is 27.4 Å². The molecule has 0 radical (unpaired) electrons. The number of hydrogen-bond donors (Lipinski definition) is 3. The molecule has 1 unspecified atom stereocenters. The molecule has 0 saturated heterocycles. The van der Waals surface area contributed by atoms with Crippen molar-refractivity contribution in [3.05, 3.63) is 27.1 Å². The van der Waals surface area contributed by atoms with Gasteiger partial charge in [0.05, 0.1) is 0 Å². The predicted molar refractivity (Wildman–Crippen MR) is 74.0 cm³/mol. The van der Waals surface area contributed by atoms with Crippen molar-refractivity contribution in [2.75, 3.05) is 5.32 Å². The van der Waals surface area contributed by atoms with Gasteiger partial charge in [-0.2, -0.15) is 0 Å². The van der Waals surface area contributed by atoms with Crippen LogP contribution in [-0.4, -0.2) is 22.0 Å². The maximum atomic E-state index is 12.0. The lowest BCUT2D eigenvalue weighted by Crippen LogP contribution is -2.39. The summed E-state index contributed by atoms with van der Waals surface area (Å²) >= 11 is 3.15. The van der Waals surface area contributed by atoms with Crippen LogP contribution in [0.4, 0.5) is 5.69 Å². The molecule has 1 heterocycles. The van der Waals surface area contributed by atoms with E-state index in [9.17, 15) is 14.4 Å². The largest absolute Gasteiger partial charge is 0.481 e.